The van der Waals surface area contributed by atoms with Crippen molar-refractivity contribution < 1.29 is 13.5 Å². The third kappa shape index (κ3) is 5.14. The van der Waals surface area contributed by atoms with Crippen molar-refractivity contribution in [3.63, 3.8) is 0 Å². The number of aryl methyl sites for hydroxylation is 1. The number of nitrogens with zero attached hydrogens (tertiary/aromatic N) is 2. The summed E-state index contributed by atoms with van der Waals surface area (Å²) in [5, 5.41) is 0. The molecule has 0 N–H and O–H groups in total. The van der Waals surface area contributed by atoms with Crippen LogP contribution in [0.2, 0.25) is 0 Å². The zero-order valence-corrected chi connectivity index (χ0v) is 11.3. The minimum atomic E-state index is -2.38. The number of halogens is 3. The smallest absolute Gasteiger partial charge is 0.251 e. The van der Waals surface area contributed by atoms with Crippen molar-refractivity contribution in [2.75, 3.05) is 26.1 Å². The fourth-order valence-corrected chi connectivity index (χ4v) is 1.92. The molecule has 0 atom stereocenters. The number of rotatable bonds is 7. The molecule has 0 aliphatic heterocycles. The number of hydrogen-bond donors (Lipinski definition) is 0. The van der Waals surface area contributed by atoms with Crippen LogP contribution in [0.1, 0.15) is 11.4 Å². The van der Waals surface area contributed by atoms with Crippen molar-refractivity contribution in [1.82, 2.24) is 9.88 Å². The Hall–Kier alpha value is -0.940. The van der Waals surface area contributed by atoms with Crippen molar-refractivity contribution in [1.29, 1.82) is 0 Å². The van der Waals surface area contributed by atoms with Crippen molar-refractivity contribution in [2.24, 2.45) is 0 Å². The molecular formula is C12H17ClF2N2O. The summed E-state index contributed by atoms with van der Waals surface area (Å²) in [5.41, 5.74) is 1.50. The maximum atomic E-state index is 12.4. The zero-order chi connectivity index (χ0) is 13.5. The van der Waals surface area contributed by atoms with E-state index in [0.717, 1.165) is 5.69 Å². The topological polar surface area (TPSA) is 25.4 Å². The van der Waals surface area contributed by atoms with Crippen LogP contribution in [0.3, 0.4) is 0 Å². The molecule has 1 aromatic rings. The van der Waals surface area contributed by atoms with Crippen molar-refractivity contribution in [3.05, 3.63) is 23.5 Å². The van der Waals surface area contributed by atoms with Gasteiger partial charge in [0, 0.05) is 36.8 Å². The van der Waals surface area contributed by atoms with E-state index >= 15 is 0 Å². The highest BCUT2D eigenvalue weighted by molar-refractivity contribution is 6.18. The SMILES string of the molecule is COc1cc(C)nc(CN(CCCl)CC(F)F)c1. The van der Waals surface area contributed by atoms with Crippen LogP contribution in [-0.4, -0.2) is 42.4 Å². The first-order valence-electron chi connectivity index (χ1n) is 5.63. The molecule has 3 nitrogen and oxygen atoms in total. The maximum absolute atomic E-state index is 12.4. The third-order valence-electron chi connectivity index (χ3n) is 2.40. The molecule has 0 spiro atoms. The molecule has 18 heavy (non-hydrogen) atoms. The largest absolute Gasteiger partial charge is 0.497 e. The molecule has 0 amide bonds. The fraction of sp³-hybridized carbons (Fsp3) is 0.583. The van der Waals surface area contributed by atoms with Crippen LogP contribution in [0.5, 0.6) is 5.75 Å². The molecule has 102 valence electrons. The van der Waals surface area contributed by atoms with E-state index in [9.17, 15) is 8.78 Å². The molecule has 0 fully saturated rings. The summed E-state index contributed by atoms with van der Waals surface area (Å²) in [6, 6.07) is 3.54. The summed E-state index contributed by atoms with van der Waals surface area (Å²) in [7, 11) is 1.56. The summed E-state index contributed by atoms with van der Waals surface area (Å²) >= 11 is 5.60. The van der Waals surface area contributed by atoms with Crippen LogP contribution in [-0.2, 0) is 6.54 Å². The van der Waals surface area contributed by atoms with Gasteiger partial charge in [-0.3, -0.25) is 9.88 Å². The molecule has 1 heterocycles. The summed E-state index contributed by atoms with van der Waals surface area (Å²) in [5.74, 6) is 0.996. The average Bonchev–Trinajstić information content (AvgIpc) is 2.27. The molecule has 0 saturated carbocycles. The molecule has 1 rings (SSSR count). The number of ether oxygens (including phenoxy) is 1. The molecule has 0 saturated heterocycles. The second-order valence-corrected chi connectivity index (χ2v) is 4.33. The summed E-state index contributed by atoms with van der Waals surface area (Å²) < 4.78 is 29.9. The highest BCUT2D eigenvalue weighted by Gasteiger charge is 2.13. The lowest BCUT2D eigenvalue weighted by Crippen LogP contribution is -2.30. The van der Waals surface area contributed by atoms with E-state index < -0.39 is 6.43 Å². The Labute approximate surface area is 111 Å². The lowest BCUT2D eigenvalue weighted by Gasteiger charge is -2.20. The number of pyridine rings is 1. The van der Waals surface area contributed by atoms with Crippen LogP contribution in [0.25, 0.3) is 0 Å². The summed E-state index contributed by atoms with van der Waals surface area (Å²) in [6.45, 7) is 2.29. The van der Waals surface area contributed by atoms with E-state index in [4.69, 9.17) is 16.3 Å². The third-order valence-corrected chi connectivity index (χ3v) is 2.57. The first kappa shape index (κ1) is 15.1. The number of hydrogen-bond acceptors (Lipinski definition) is 3. The van der Waals surface area contributed by atoms with Gasteiger partial charge < -0.3 is 4.74 Å². The molecule has 0 bridgehead atoms. The van der Waals surface area contributed by atoms with Gasteiger partial charge in [0.1, 0.15) is 5.75 Å². The van der Waals surface area contributed by atoms with E-state index in [1.54, 1.807) is 24.1 Å². The average molecular weight is 279 g/mol. The van der Waals surface area contributed by atoms with Crippen LogP contribution >= 0.6 is 11.6 Å². The van der Waals surface area contributed by atoms with Crippen molar-refractivity contribution >= 4 is 11.6 Å². The number of alkyl halides is 3. The number of methoxy groups -OCH3 is 1. The Bertz CT molecular complexity index is 377. The molecule has 1 aromatic heterocycles. The quantitative estimate of drug-likeness (QED) is 0.717. The van der Waals surface area contributed by atoms with Gasteiger partial charge >= 0.3 is 0 Å². The van der Waals surface area contributed by atoms with Gasteiger partial charge in [0.05, 0.1) is 19.3 Å². The minimum absolute atomic E-state index is 0.301. The van der Waals surface area contributed by atoms with Gasteiger partial charge in [0.2, 0.25) is 0 Å². The van der Waals surface area contributed by atoms with E-state index in [0.29, 0.717) is 30.4 Å². The van der Waals surface area contributed by atoms with Gasteiger partial charge in [-0.25, -0.2) is 8.78 Å². The van der Waals surface area contributed by atoms with Crippen molar-refractivity contribution in [2.45, 2.75) is 19.9 Å². The number of aromatic nitrogens is 1. The lowest BCUT2D eigenvalue weighted by molar-refractivity contribution is 0.0872. The van der Waals surface area contributed by atoms with Gasteiger partial charge in [0.15, 0.2) is 0 Å². The monoisotopic (exact) mass is 278 g/mol. The standard InChI is InChI=1S/C12H17ClF2N2O/c1-9-5-11(18-2)6-10(16-9)7-17(4-3-13)8-12(14)15/h5-6,12H,3-4,7-8H2,1-2H3. The first-order chi connectivity index (χ1) is 8.55. The molecular weight excluding hydrogens is 262 g/mol. The van der Waals surface area contributed by atoms with Gasteiger partial charge in [-0.05, 0) is 6.92 Å². The predicted molar refractivity (Wildman–Crippen MR) is 67.5 cm³/mol. The highest BCUT2D eigenvalue weighted by atomic mass is 35.5. The second kappa shape index (κ2) is 7.48. The molecule has 0 aliphatic rings. The van der Waals surface area contributed by atoms with Gasteiger partial charge in [-0.15, -0.1) is 11.6 Å². The summed E-state index contributed by atoms with van der Waals surface area (Å²) in [6.07, 6.45) is -2.38. The van der Waals surface area contributed by atoms with Gasteiger partial charge in [-0.1, -0.05) is 0 Å². The van der Waals surface area contributed by atoms with Gasteiger partial charge in [0.25, 0.3) is 6.43 Å². The first-order valence-corrected chi connectivity index (χ1v) is 6.16. The lowest BCUT2D eigenvalue weighted by atomic mass is 10.2. The summed E-state index contributed by atoms with van der Waals surface area (Å²) in [4.78, 5) is 5.88. The van der Waals surface area contributed by atoms with E-state index in [1.165, 1.54) is 0 Å². The van der Waals surface area contributed by atoms with Crippen molar-refractivity contribution in [3.8, 4) is 5.75 Å². The minimum Gasteiger partial charge on any atom is -0.497 e. The van der Waals surface area contributed by atoms with Crippen LogP contribution in [0.4, 0.5) is 8.78 Å². The Kier molecular flexibility index (Phi) is 6.29. The molecule has 0 aromatic carbocycles. The predicted octanol–water partition coefficient (Wildman–Crippen LogP) is 2.70. The zero-order valence-electron chi connectivity index (χ0n) is 10.5. The Balaban J connectivity index is 2.75. The van der Waals surface area contributed by atoms with Gasteiger partial charge in [-0.2, -0.15) is 0 Å². The molecule has 0 radical (unpaired) electrons. The Morgan fingerprint density at radius 1 is 1.44 bits per heavy atom. The molecule has 0 aliphatic carbocycles. The van der Waals surface area contributed by atoms with E-state index in [1.807, 2.05) is 6.92 Å². The second-order valence-electron chi connectivity index (χ2n) is 3.95. The maximum Gasteiger partial charge on any atom is 0.251 e. The van der Waals surface area contributed by atoms with E-state index in [2.05, 4.69) is 4.98 Å². The van der Waals surface area contributed by atoms with Crippen LogP contribution < -0.4 is 4.74 Å². The fourth-order valence-electron chi connectivity index (χ4n) is 1.68. The highest BCUT2D eigenvalue weighted by Crippen LogP contribution is 2.15. The Morgan fingerprint density at radius 2 is 2.17 bits per heavy atom. The van der Waals surface area contributed by atoms with Crippen LogP contribution in [0, 0.1) is 6.92 Å². The normalized spacial score (nSPS) is 11.3. The van der Waals surface area contributed by atoms with Crippen LogP contribution in [0.15, 0.2) is 12.1 Å². The molecule has 6 heteroatoms. The Morgan fingerprint density at radius 3 is 2.72 bits per heavy atom. The molecule has 0 unspecified atom stereocenters. The van der Waals surface area contributed by atoms with E-state index in [-0.39, 0.29) is 6.54 Å².